The summed E-state index contributed by atoms with van der Waals surface area (Å²) in [5, 5.41) is 13.1. The fourth-order valence-corrected chi connectivity index (χ4v) is 2.63. The van der Waals surface area contributed by atoms with E-state index < -0.39 is 5.91 Å². The van der Waals surface area contributed by atoms with Gasteiger partial charge >= 0.3 is 0 Å². The molecule has 0 bridgehead atoms. The summed E-state index contributed by atoms with van der Waals surface area (Å²) in [6.45, 7) is 5.94. The third-order valence-corrected chi connectivity index (χ3v) is 3.89. The molecule has 1 aromatic heterocycles. The Labute approximate surface area is 133 Å². The normalized spacial score (nSPS) is 20.2. The Hall–Kier alpha value is -2.21. The number of rotatable bonds is 6. The second-order valence-corrected chi connectivity index (χ2v) is 5.57. The van der Waals surface area contributed by atoms with Crippen molar-refractivity contribution in [1.29, 1.82) is 0 Å². The maximum absolute atomic E-state index is 11.9. The number of hydrogen-bond donors (Lipinski definition) is 2. The molecular formula is C15H17ClN4O2. The number of carbonyl (C=O) groups excluding carboxylic acids is 2. The number of allylic oxidation sites excluding steroid dienone is 1. The summed E-state index contributed by atoms with van der Waals surface area (Å²) in [5.74, 6) is 0.0819. The molecule has 1 fully saturated rings. The van der Waals surface area contributed by atoms with Gasteiger partial charge in [-0.25, -0.2) is 0 Å². The summed E-state index contributed by atoms with van der Waals surface area (Å²) in [4.78, 5) is 22.4. The molecule has 1 saturated carbocycles. The molecule has 1 heterocycles. The number of amides is 2. The number of imide groups is 1. The summed E-state index contributed by atoms with van der Waals surface area (Å²) >= 11 is 6.13. The number of nitrogens with one attached hydrogen (secondary N) is 2. The van der Waals surface area contributed by atoms with Gasteiger partial charge in [0.1, 0.15) is 5.69 Å². The van der Waals surface area contributed by atoms with E-state index in [-0.39, 0.29) is 11.5 Å². The van der Waals surface area contributed by atoms with Crippen molar-refractivity contribution in [3.05, 3.63) is 40.8 Å². The second kappa shape index (κ2) is 6.70. The number of aromatic nitrogens is 2. The van der Waals surface area contributed by atoms with E-state index in [9.17, 15) is 9.59 Å². The van der Waals surface area contributed by atoms with Gasteiger partial charge in [-0.2, -0.15) is 0 Å². The molecule has 1 aliphatic carbocycles. The maximum atomic E-state index is 11.9. The lowest BCUT2D eigenvalue weighted by molar-refractivity contribution is -0.121. The Kier molecular flexibility index (Phi) is 4.92. The van der Waals surface area contributed by atoms with Crippen LogP contribution in [0.3, 0.4) is 0 Å². The Bertz CT molecular complexity index is 657. The van der Waals surface area contributed by atoms with E-state index in [2.05, 4.69) is 27.4 Å². The summed E-state index contributed by atoms with van der Waals surface area (Å²) in [5.41, 5.74) is 2.53. The van der Waals surface area contributed by atoms with Gasteiger partial charge in [0, 0.05) is 13.2 Å². The highest BCUT2D eigenvalue weighted by Crippen LogP contribution is 2.52. The van der Waals surface area contributed by atoms with E-state index in [1.165, 1.54) is 6.20 Å². The molecular weight excluding hydrogens is 304 g/mol. The van der Waals surface area contributed by atoms with Crippen LogP contribution in [0, 0.1) is 5.92 Å². The van der Waals surface area contributed by atoms with E-state index in [0.29, 0.717) is 23.2 Å². The van der Waals surface area contributed by atoms with Crippen LogP contribution in [0.5, 0.6) is 0 Å². The lowest BCUT2D eigenvalue weighted by Crippen LogP contribution is -2.24. The molecule has 6 nitrogen and oxygen atoms in total. The smallest absolute Gasteiger partial charge is 0.261 e. The van der Waals surface area contributed by atoms with E-state index in [0.717, 1.165) is 17.6 Å². The van der Waals surface area contributed by atoms with Crippen LogP contribution in [0.25, 0.3) is 5.57 Å². The minimum absolute atomic E-state index is 0.215. The number of carbonyl (C=O) groups is 2. The average molecular weight is 321 g/mol. The maximum Gasteiger partial charge on any atom is 0.261 e. The first-order chi connectivity index (χ1) is 10.5. The second-order valence-electron chi connectivity index (χ2n) is 5.21. The molecule has 0 aromatic carbocycles. The lowest BCUT2D eigenvalue weighted by atomic mass is 10.1. The lowest BCUT2D eigenvalue weighted by Gasteiger charge is -2.08. The minimum Gasteiger partial charge on any atom is -0.393 e. The first-order valence-electron chi connectivity index (χ1n) is 6.80. The molecule has 2 atom stereocenters. The number of nitrogens with zero attached hydrogens (tertiary/aromatic N) is 2. The highest BCUT2D eigenvalue weighted by molar-refractivity contribution is 6.30. The monoisotopic (exact) mass is 320 g/mol. The summed E-state index contributed by atoms with van der Waals surface area (Å²) in [6, 6.07) is 1.75. The van der Waals surface area contributed by atoms with Crippen LogP contribution < -0.4 is 10.6 Å². The molecule has 22 heavy (non-hydrogen) atoms. The molecule has 1 unspecified atom stereocenters. The first kappa shape index (κ1) is 16.2. The molecule has 0 radical (unpaired) electrons. The summed E-state index contributed by atoms with van der Waals surface area (Å²) < 4.78 is 0. The third-order valence-electron chi connectivity index (χ3n) is 3.60. The van der Waals surface area contributed by atoms with Crippen LogP contribution >= 0.6 is 11.6 Å². The Morgan fingerprint density at radius 3 is 2.77 bits per heavy atom. The Morgan fingerprint density at radius 2 is 2.23 bits per heavy atom. The predicted molar refractivity (Wildman–Crippen MR) is 83.9 cm³/mol. The van der Waals surface area contributed by atoms with Crippen LogP contribution in [0.15, 0.2) is 24.4 Å². The van der Waals surface area contributed by atoms with Crippen LogP contribution in [0.4, 0.5) is 0 Å². The average Bonchev–Trinajstić information content (AvgIpc) is 3.26. The highest BCUT2D eigenvalue weighted by atomic mass is 35.5. The van der Waals surface area contributed by atoms with Gasteiger partial charge in [0.25, 0.3) is 5.91 Å². The van der Waals surface area contributed by atoms with Crippen molar-refractivity contribution in [1.82, 2.24) is 20.8 Å². The van der Waals surface area contributed by atoms with Crippen molar-refractivity contribution in [2.75, 3.05) is 7.05 Å². The van der Waals surface area contributed by atoms with E-state index in [1.54, 1.807) is 13.1 Å². The largest absolute Gasteiger partial charge is 0.393 e. The highest BCUT2D eigenvalue weighted by Gasteiger charge is 2.40. The molecule has 0 aliphatic heterocycles. The minimum atomic E-state index is -0.556. The van der Waals surface area contributed by atoms with E-state index in [1.807, 2.05) is 6.92 Å². The third kappa shape index (κ3) is 3.33. The van der Waals surface area contributed by atoms with Crippen LogP contribution in [-0.2, 0) is 9.59 Å². The van der Waals surface area contributed by atoms with Crippen molar-refractivity contribution in [3.8, 4) is 0 Å². The van der Waals surface area contributed by atoms with Gasteiger partial charge in [-0.1, -0.05) is 23.8 Å². The van der Waals surface area contributed by atoms with Crippen LogP contribution in [-0.4, -0.2) is 29.6 Å². The van der Waals surface area contributed by atoms with Crippen molar-refractivity contribution < 1.29 is 9.59 Å². The van der Waals surface area contributed by atoms with Gasteiger partial charge in [0.2, 0.25) is 6.41 Å². The Balaban J connectivity index is 2.35. The van der Waals surface area contributed by atoms with Gasteiger partial charge in [-0.05, 0) is 36.8 Å². The van der Waals surface area contributed by atoms with Gasteiger partial charge in [-0.3, -0.25) is 14.9 Å². The molecule has 1 aliphatic rings. The molecule has 1 aromatic rings. The molecule has 0 spiro atoms. The van der Waals surface area contributed by atoms with Crippen molar-refractivity contribution in [2.45, 2.75) is 19.3 Å². The number of hydrogen-bond acceptors (Lipinski definition) is 5. The van der Waals surface area contributed by atoms with Gasteiger partial charge in [0.05, 0.1) is 5.57 Å². The SMILES string of the molecule is C=C(C)[C@H]1CC1c1cc(/C(=C/NC)C(=O)NC=O)nnc1Cl. The quantitative estimate of drug-likeness (QED) is 0.473. The fourth-order valence-electron chi connectivity index (χ4n) is 2.40. The van der Waals surface area contributed by atoms with Crippen molar-refractivity contribution in [2.24, 2.45) is 5.92 Å². The molecule has 7 heteroatoms. The van der Waals surface area contributed by atoms with Crippen molar-refractivity contribution in [3.63, 3.8) is 0 Å². The zero-order valence-corrected chi connectivity index (χ0v) is 13.1. The standard InChI is InChI=1S/C15H17ClN4O2/c1-8(2)9-4-10(9)11-5-13(19-20-14(11)16)12(6-17-3)15(22)18-7-21/h5-7,9-10,17H,1,4H2,2-3H3,(H,18,21,22)/b12-6-/t9-,10?/m1/s1. The summed E-state index contributed by atoms with van der Waals surface area (Å²) in [7, 11) is 1.65. The first-order valence-corrected chi connectivity index (χ1v) is 7.18. The topological polar surface area (TPSA) is 84.0 Å². The van der Waals surface area contributed by atoms with Gasteiger partial charge in [0.15, 0.2) is 5.15 Å². The van der Waals surface area contributed by atoms with Crippen molar-refractivity contribution >= 4 is 29.5 Å². The van der Waals surface area contributed by atoms with Crippen LogP contribution in [0.1, 0.15) is 30.5 Å². The van der Waals surface area contributed by atoms with Crippen LogP contribution in [0.2, 0.25) is 5.15 Å². The summed E-state index contributed by atoms with van der Waals surface area (Å²) in [6.07, 6.45) is 2.75. The molecule has 2 amide bonds. The number of halogens is 1. The zero-order chi connectivity index (χ0) is 16.3. The predicted octanol–water partition coefficient (Wildman–Crippen LogP) is 1.64. The van der Waals surface area contributed by atoms with Gasteiger partial charge in [-0.15, -0.1) is 10.2 Å². The fraction of sp³-hybridized carbons (Fsp3) is 0.333. The van der Waals surface area contributed by atoms with E-state index in [4.69, 9.17) is 11.6 Å². The molecule has 0 saturated heterocycles. The molecule has 2 N–H and O–H groups in total. The van der Waals surface area contributed by atoms with E-state index >= 15 is 0 Å². The zero-order valence-electron chi connectivity index (χ0n) is 12.4. The van der Waals surface area contributed by atoms with Gasteiger partial charge < -0.3 is 5.32 Å². The molecule has 116 valence electrons. The Morgan fingerprint density at radius 1 is 1.50 bits per heavy atom. The molecule has 2 rings (SSSR count).